The van der Waals surface area contributed by atoms with Crippen LogP contribution in [-0.2, 0) is 0 Å². The average molecular weight is 181 g/mol. The van der Waals surface area contributed by atoms with E-state index in [9.17, 15) is 13.6 Å². The Morgan fingerprint density at radius 2 is 2.17 bits per heavy atom. The van der Waals surface area contributed by atoms with Crippen LogP contribution in [0.15, 0.2) is 4.99 Å². The highest BCUT2D eigenvalue weighted by Crippen LogP contribution is 1.92. The molecule has 0 aliphatic rings. The predicted molar refractivity (Wildman–Crippen MR) is 38.3 cm³/mol. The molecule has 0 saturated carbocycles. The Kier molecular flexibility index (Phi) is 4.66. The van der Waals surface area contributed by atoms with Crippen molar-refractivity contribution in [2.45, 2.75) is 13.3 Å². The van der Waals surface area contributed by atoms with Crippen molar-refractivity contribution in [2.75, 3.05) is 6.54 Å². The quantitative estimate of drug-likeness (QED) is 0.329. The van der Waals surface area contributed by atoms with E-state index >= 15 is 0 Å². The second-order valence-electron chi connectivity index (χ2n) is 1.72. The minimum atomic E-state index is -2.81. The molecule has 0 saturated heterocycles. The van der Waals surface area contributed by atoms with Gasteiger partial charge in [-0.3, -0.25) is 10.4 Å². The van der Waals surface area contributed by atoms with Crippen LogP contribution in [0, 0.1) is 0 Å². The predicted octanol–water partition coefficient (Wildman–Crippen LogP) is 0.442. The second-order valence-corrected chi connectivity index (χ2v) is 1.72. The highest BCUT2D eigenvalue weighted by Gasteiger charge is 2.12. The van der Waals surface area contributed by atoms with Crippen LogP contribution < -0.4 is 10.9 Å². The number of carbonyl (C=O) groups is 1. The van der Waals surface area contributed by atoms with E-state index in [4.69, 9.17) is 5.11 Å². The number of nitrogens with one attached hydrogen (secondary N) is 2. The SMILES string of the molecule is CCN=C(NNC(=O)O)C(F)F. The van der Waals surface area contributed by atoms with Gasteiger partial charge in [-0.15, -0.1) is 0 Å². The van der Waals surface area contributed by atoms with Gasteiger partial charge in [-0.1, -0.05) is 0 Å². The van der Waals surface area contributed by atoms with E-state index in [1.165, 1.54) is 0 Å². The van der Waals surface area contributed by atoms with Gasteiger partial charge in [-0.25, -0.2) is 19.0 Å². The van der Waals surface area contributed by atoms with Crippen molar-refractivity contribution in [1.29, 1.82) is 0 Å². The topological polar surface area (TPSA) is 73.7 Å². The third-order valence-corrected chi connectivity index (χ3v) is 0.833. The van der Waals surface area contributed by atoms with Crippen molar-refractivity contribution in [2.24, 2.45) is 4.99 Å². The molecule has 7 heteroatoms. The first-order chi connectivity index (χ1) is 5.57. The van der Waals surface area contributed by atoms with E-state index in [0.29, 0.717) is 0 Å². The number of hydrogen-bond donors (Lipinski definition) is 3. The Bertz CT molecular complexity index is 184. The number of rotatable bonds is 2. The molecule has 0 aromatic heterocycles. The first kappa shape index (κ1) is 10.6. The summed E-state index contributed by atoms with van der Waals surface area (Å²) >= 11 is 0. The minimum Gasteiger partial charge on any atom is -0.464 e. The molecule has 0 aromatic carbocycles. The van der Waals surface area contributed by atoms with E-state index in [1.54, 1.807) is 17.8 Å². The van der Waals surface area contributed by atoms with Gasteiger partial charge in [0.2, 0.25) is 0 Å². The Morgan fingerprint density at radius 1 is 1.58 bits per heavy atom. The van der Waals surface area contributed by atoms with Crippen LogP contribution in [0.25, 0.3) is 0 Å². The van der Waals surface area contributed by atoms with E-state index in [-0.39, 0.29) is 6.54 Å². The van der Waals surface area contributed by atoms with Crippen molar-refractivity contribution in [1.82, 2.24) is 10.9 Å². The molecular formula is C5H9F2N3O2. The zero-order chi connectivity index (χ0) is 9.56. The monoisotopic (exact) mass is 181 g/mol. The summed E-state index contributed by atoms with van der Waals surface area (Å²) < 4.78 is 23.8. The zero-order valence-electron chi connectivity index (χ0n) is 6.34. The average Bonchev–Trinajstić information content (AvgIpc) is 1.96. The maximum absolute atomic E-state index is 11.9. The van der Waals surface area contributed by atoms with Gasteiger partial charge >= 0.3 is 6.09 Å². The third-order valence-electron chi connectivity index (χ3n) is 0.833. The number of nitrogens with zero attached hydrogens (tertiary/aromatic N) is 1. The summed E-state index contributed by atoms with van der Waals surface area (Å²) in [4.78, 5) is 13.2. The fourth-order valence-corrected chi connectivity index (χ4v) is 0.451. The summed E-state index contributed by atoms with van der Waals surface area (Å²) in [6.07, 6.45) is -4.25. The van der Waals surface area contributed by atoms with Crippen LogP contribution in [0.2, 0.25) is 0 Å². The van der Waals surface area contributed by atoms with Crippen molar-refractivity contribution >= 4 is 11.9 Å². The van der Waals surface area contributed by atoms with Crippen LogP contribution in [0.4, 0.5) is 13.6 Å². The van der Waals surface area contributed by atoms with Crippen LogP contribution in [0.1, 0.15) is 6.92 Å². The van der Waals surface area contributed by atoms with E-state index in [0.717, 1.165) is 0 Å². The molecule has 0 radical (unpaired) electrons. The van der Waals surface area contributed by atoms with E-state index in [2.05, 4.69) is 4.99 Å². The highest BCUT2D eigenvalue weighted by molar-refractivity contribution is 5.86. The Morgan fingerprint density at radius 3 is 2.50 bits per heavy atom. The largest absolute Gasteiger partial charge is 0.464 e. The standard InChI is InChI=1S/C5H9F2N3O2/c1-2-8-4(3(6)7)9-10-5(11)12/h3,10H,2H2,1H3,(H,8,9)(H,11,12). The zero-order valence-corrected chi connectivity index (χ0v) is 6.34. The van der Waals surface area contributed by atoms with Crippen molar-refractivity contribution < 1.29 is 18.7 Å². The van der Waals surface area contributed by atoms with Crippen LogP contribution >= 0.6 is 0 Å². The van der Waals surface area contributed by atoms with Crippen LogP contribution in [0.3, 0.4) is 0 Å². The van der Waals surface area contributed by atoms with Crippen LogP contribution in [0.5, 0.6) is 0 Å². The molecule has 0 unspecified atom stereocenters. The highest BCUT2D eigenvalue weighted by atomic mass is 19.3. The molecule has 0 spiro atoms. The van der Waals surface area contributed by atoms with Gasteiger partial charge in [0.1, 0.15) is 0 Å². The van der Waals surface area contributed by atoms with Crippen molar-refractivity contribution in [3.8, 4) is 0 Å². The number of halogens is 2. The normalized spacial score (nSPS) is 11.5. The van der Waals surface area contributed by atoms with Gasteiger partial charge in [0.05, 0.1) is 0 Å². The molecule has 0 fully saturated rings. The summed E-state index contributed by atoms with van der Waals surface area (Å²) in [5, 5.41) is 8.04. The molecule has 0 aromatic rings. The first-order valence-corrected chi connectivity index (χ1v) is 3.15. The lowest BCUT2D eigenvalue weighted by Crippen LogP contribution is -2.44. The Hall–Kier alpha value is -1.40. The van der Waals surface area contributed by atoms with Gasteiger partial charge in [0.25, 0.3) is 6.43 Å². The molecule has 3 N–H and O–H groups in total. The summed E-state index contributed by atoms with van der Waals surface area (Å²) in [6.45, 7) is 1.72. The minimum absolute atomic E-state index is 0.161. The fourth-order valence-electron chi connectivity index (χ4n) is 0.451. The number of amides is 1. The number of alkyl halides is 2. The smallest absolute Gasteiger partial charge is 0.423 e. The Labute approximate surface area is 67.5 Å². The molecule has 0 aliphatic heterocycles. The number of aliphatic imine (C=N–C) groups is 1. The summed E-state index contributed by atoms with van der Waals surface area (Å²) in [5.74, 6) is -0.681. The molecule has 0 aliphatic carbocycles. The van der Waals surface area contributed by atoms with E-state index in [1.807, 2.05) is 0 Å². The fraction of sp³-hybridized carbons (Fsp3) is 0.600. The lowest BCUT2D eigenvalue weighted by atomic mass is 10.6. The molecular weight excluding hydrogens is 172 g/mol. The maximum atomic E-state index is 11.9. The van der Waals surface area contributed by atoms with Crippen LogP contribution in [-0.4, -0.2) is 30.0 Å². The third kappa shape index (κ3) is 4.42. The van der Waals surface area contributed by atoms with Crippen molar-refractivity contribution in [3.63, 3.8) is 0 Å². The molecule has 12 heavy (non-hydrogen) atoms. The van der Waals surface area contributed by atoms with Gasteiger partial charge in [-0.05, 0) is 6.92 Å². The molecule has 0 heterocycles. The maximum Gasteiger partial charge on any atom is 0.423 e. The van der Waals surface area contributed by atoms with Gasteiger partial charge in [0, 0.05) is 6.54 Å². The summed E-state index contributed by atoms with van der Waals surface area (Å²) in [5.41, 5.74) is 3.34. The van der Waals surface area contributed by atoms with E-state index < -0.39 is 18.4 Å². The number of hydrazine groups is 1. The van der Waals surface area contributed by atoms with Gasteiger partial charge in [-0.2, -0.15) is 0 Å². The summed E-state index contributed by atoms with van der Waals surface area (Å²) in [6, 6.07) is 0. The van der Waals surface area contributed by atoms with Crippen molar-refractivity contribution in [3.05, 3.63) is 0 Å². The van der Waals surface area contributed by atoms with Gasteiger partial charge in [0.15, 0.2) is 5.84 Å². The molecule has 1 amide bonds. The molecule has 70 valence electrons. The van der Waals surface area contributed by atoms with Gasteiger partial charge < -0.3 is 5.11 Å². The molecule has 0 atom stereocenters. The lowest BCUT2D eigenvalue weighted by Gasteiger charge is -2.06. The lowest BCUT2D eigenvalue weighted by molar-refractivity contribution is 0.189. The molecule has 0 rings (SSSR count). The number of amidine groups is 1. The number of carboxylic acid groups (broad SMARTS) is 1. The summed E-state index contributed by atoms with van der Waals surface area (Å²) in [7, 11) is 0. The first-order valence-electron chi connectivity index (χ1n) is 3.15. The molecule has 5 nitrogen and oxygen atoms in total. The number of hydrogen-bond acceptors (Lipinski definition) is 2. The second kappa shape index (κ2) is 5.28. The molecule has 0 bridgehead atoms. The Balaban J connectivity index is 3.97.